The molecule has 1 aromatic carbocycles. The topological polar surface area (TPSA) is 26.0 Å². The van der Waals surface area contributed by atoms with Crippen LogP contribution in [0.4, 0.5) is 0 Å². The molecule has 4 heteroatoms. The zero-order chi connectivity index (χ0) is 14.6. The van der Waals surface area contributed by atoms with E-state index in [0.717, 1.165) is 6.54 Å². The first-order chi connectivity index (χ1) is 9.70. The Balaban J connectivity index is 2.50. The van der Waals surface area contributed by atoms with Crippen LogP contribution in [0, 0.1) is 0 Å². The van der Waals surface area contributed by atoms with Crippen molar-refractivity contribution in [2.24, 2.45) is 5.73 Å². The molecule has 1 fully saturated rings. The lowest BCUT2D eigenvalue weighted by atomic mass is 9.69. The second kappa shape index (κ2) is 7.48. The SMILES string of the molecule is CSc1cc(C2(CN)CCCCC2)cc(SC)c1SC. The minimum atomic E-state index is 0.226. The molecule has 2 rings (SSSR count). The highest BCUT2D eigenvalue weighted by atomic mass is 32.2. The van der Waals surface area contributed by atoms with Gasteiger partial charge in [-0.3, -0.25) is 0 Å². The van der Waals surface area contributed by atoms with Gasteiger partial charge in [0.05, 0.1) is 0 Å². The molecule has 0 bridgehead atoms. The summed E-state index contributed by atoms with van der Waals surface area (Å²) >= 11 is 5.58. The number of hydrogen-bond acceptors (Lipinski definition) is 4. The Morgan fingerprint density at radius 1 is 0.950 bits per heavy atom. The molecule has 0 amide bonds. The van der Waals surface area contributed by atoms with E-state index >= 15 is 0 Å². The molecule has 0 spiro atoms. The largest absolute Gasteiger partial charge is 0.330 e. The molecule has 1 aliphatic carbocycles. The Hall–Kier alpha value is 0.230. The third kappa shape index (κ3) is 3.18. The van der Waals surface area contributed by atoms with Crippen molar-refractivity contribution < 1.29 is 0 Å². The summed E-state index contributed by atoms with van der Waals surface area (Å²) in [5, 5.41) is 0. The standard InChI is InChI=1S/C16H25NS3/c1-18-13-9-12(10-14(19-2)15(13)20-3)16(11-17)7-5-4-6-8-16/h9-10H,4-8,11,17H2,1-3H3. The molecule has 0 atom stereocenters. The summed E-state index contributed by atoms with van der Waals surface area (Å²) in [6, 6.07) is 4.82. The van der Waals surface area contributed by atoms with Gasteiger partial charge in [-0.2, -0.15) is 0 Å². The molecular formula is C16H25NS3. The second-order valence-corrected chi connectivity index (χ2v) is 7.97. The van der Waals surface area contributed by atoms with Crippen LogP contribution in [0.15, 0.2) is 26.8 Å². The highest BCUT2D eigenvalue weighted by Crippen LogP contribution is 2.44. The van der Waals surface area contributed by atoms with Crippen molar-refractivity contribution >= 4 is 35.3 Å². The lowest BCUT2D eigenvalue weighted by molar-refractivity contribution is 0.299. The van der Waals surface area contributed by atoms with Gasteiger partial charge in [0, 0.05) is 26.6 Å². The van der Waals surface area contributed by atoms with Gasteiger partial charge in [-0.05, 0) is 49.3 Å². The smallest absolute Gasteiger partial charge is 0.0341 e. The molecule has 0 heterocycles. The highest BCUT2D eigenvalue weighted by Gasteiger charge is 2.33. The molecule has 0 aliphatic heterocycles. The quantitative estimate of drug-likeness (QED) is 0.769. The summed E-state index contributed by atoms with van der Waals surface area (Å²) in [4.78, 5) is 4.26. The molecule has 0 saturated heterocycles. The molecule has 20 heavy (non-hydrogen) atoms. The van der Waals surface area contributed by atoms with Gasteiger partial charge in [0.15, 0.2) is 0 Å². The molecule has 0 aromatic heterocycles. The van der Waals surface area contributed by atoms with Crippen molar-refractivity contribution in [2.45, 2.75) is 52.2 Å². The van der Waals surface area contributed by atoms with E-state index in [-0.39, 0.29) is 5.41 Å². The normalized spacial score (nSPS) is 18.2. The second-order valence-electron chi connectivity index (χ2n) is 5.46. The maximum atomic E-state index is 6.21. The summed E-state index contributed by atoms with van der Waals surface area (Å²) in [6.45, 7) is 0.785. The van der Waals surface area contributed by atoms with Crippen LogP contribution in [-0.4, -0.2) is 25.3 Å². The van der Waals surface area contributed by atoms with Crippen LogP contribution in [0.25, 0.3) is 0 Å². The lowest BCUT2D eigenvalue weighted by Crippen LogP contribution is -2.37. The average molecular weight is 328 g/mol. The van der Waals surface area contributed by atoms with Crippen molar-refractivity contribution in [3.63, 3.8) is 0 Å². The fourth-order valence-electron chi connectivity index (χ4n) is 3.23. The summed E-state index contributed by atoms with van der Waals surface area (Å²) in [7, 11) is 0. The van der Waals surface area contributed by atoms with Crippen molar-refractivity contribution in [3.8, 4) is 0 Å². The molecule has 1 saturated carbocycles. The molecule has 1 aliphatic rings. The molecule has 0 unspecified atom stereocenters. The Morgan fingerprint density at radius 2 is 1.50 bits per heavy atom. The molecule has 1 nitrogen and oxygen atoms in total. The van der Waals surface area contributed by atoms with E-state index in [0.29, 0.717) is 0 Å². The minimum absolute atomic E-state index is 0.226. The first-order valence-corrected chi connectivity index (χ1v) is 10.9. The first-order valence-electron chi connectivity index (χ1n) is 7.21. The molecule has 1 aromatic rings. The maximum Gasteiger partial charge on any atom is 0.0341 e. The molecule has 2 N–H and O–H groups in total. The predicted octanol–water partition coefficient (Wildman–Crippen LogP) is 5.01. The van der Waals surface area contributed by atoms with E-state index in [1.54, 1.807) is 0 Å². The Bertz CT molecular complexity index is 428. The monoisotopic (exact) mass is 327 g/mol. The number of nitrogens with two attached hydrogens (primary N) is 1. The number of benzene rings is 1. The van der Waals surface area contributed by atoms with Gasteiger partial charge in [0.25, 0.3) is 0 Å². The van der Waals surface area contributed by atoms with Gasteiger partial charge in [-0.25, -0.2) is 0 Å². The summed E-state index contributed by atoms with van der Waals surface area (Å²) in [5.41, 5.74) is 7.91. The van der Waals surface area contributed by atoms with E-state index in [4.69, 9.17) is 5.73 Å². The van der Waals surface area contributed by atoms with Crippen LogP contribution < -0.4 is 5.73 Å². The lowest BCUT2D eigenvalue weighted by Gasteiger charge is -2.37. The van der Waals surface area contributed by atoms with Crippen LogP contribution in [0.5, 0.6) is 0 Å². The fraction of sp³-hybridized carbons (Fsp3) is 0.625. The summed E-state index contributed by atoms with van der Waals surface area (Å²) in [6.07, 6.45) is 13.1. The van der Waals surface area contributed by atoms with E-state index in [1.165, 1.54) is 52.4 Å². The molecule has 0 radical (unpaired) electrons. The summed E-state index contributed by atoms with van der Waals surface area (Å²) < 4.78 is 0. The van der Waals surface area contributed by atoms with E-state index in [1.807, 2.05) is 35.3 Å². The highest BCUT2D eigenvalue weighted by molar-refractivity contribution is 8.03. The Kier molecular flexibility index (Phi) is 6.21. The van der Waals surface area contributed by atoms with Gasteiger partial charge in [0.1, 0.15) is 0 Å². The van der Waals surface area contributed by atoms with E-state index < -0.39 is 0 Å². The van der Waals surface area contributed by atoms with Crippen molar-refractivity contribution in [3.05, 3.63) is 17.7 Å². The van der Waals surface area contributed by atoms with Gasteiger partial charge >= 0.3 is 0 Å². The van der Waals surface area contributed by atoms with Gasteiger partial charge in [-0.15, -0.1) is 35.3 Å². The van der Waals surface area contributed by atoms with Gasteiger partial charge in [0.2, 0.25) is 0 Å². The zero-order valence-electron chi connectivity index (χ0n) is 12.7. The van der Waals surface area contributed by atoms with Crippen LogP contribution in [-0.2, 0) is 5.41 Å². The average Bonchev–Trinajstić information content (AvgIpc) is 2.53. The summed E-state index contributed by atoms with van der Waals surface area (Å²) in [5.74, 6) is 0. The van der Waals surface area contributed by atoms with Gasteiger partial charge < -0.3 is 5.73 Å². The third-order valence-corrected chi connectivity index (χ3v) is 7.11. The predicted molar refractivity (Wildman–Crippen MR) is 95.6 cm³/mol. The van der Waals surface area contributed by atoms with Crippen molar-refractivity contribution in [1.29, 1.82) is 0 Å². The van der Waals surface area contributed by atoms with E-state index in [2.05, 4.69) is 30.9 Å². The third-order valence-electron chi connectivity index (χ3n) is 4.48. The van der Waals surface area contributed by atoms with Gasteiger partial charge in [-0.1, -0.05) is 19.3 Å². The van der Waals surface area contributed by atoms with Crippen molar-refractivity contribution in [1.82, 2.24) is 0 Å². The number of thioether (sulfide) groups is 3. The number of rotatable bonds is 5. The first kappa shape index (κ1) is 16.6. The maximum absolute atomic E-state index is 6.21. The van der Waals surface area contributed by atoms with Crippen LogP contribution in [0.3, 0.4) is 0 Å². The van der Waals surface area contributed by atoms with Crippen LogP contribution >= 0.6 is 35.3 Å². The van der Waals surface area contributed by atoms with Crippen LogP contribution in [0.2, 0.25) is 0 Å². The zero-order valence-corrected chi connectivity index (χ0v) is 15.1. The minimum Gasteiger partial charge on any atom is -0.330 e. The van der Waals surface area contributed by atoms with Crippen molar-refractivity contribution in [2.75, 3.05) is 25.3 Å². The fourth-order valence-corrected chi connectivity index (χ4v) is 5.89. The van der Waals surface area contributed by atoms with Crippen LogP contribution in [0.1, 0.15) is 37.7 Å². The molecular weight excluding hydrogens is 302 g/mol. The Labute approximate surface area is 136 Å². The number of hydrogen-bond donors (Lipinski definition) is 1. The molecule has 112 valence electrons. The Morgan fingerprint density at radius 3 is 1.90 bits per heavy atom. The van der Waals surface area contributed by atoms with E-state index in [9.17, 15) is 0 Å².